The Morgan fingerprint density at radius 3 is 2.53 bits per heavy atom. The van der Waals surface area contributed by atoms with Crippen molar-refractivity contribution in [1.82, 2.24) is 5.43 Å². The summed E-state index contributed by atoms with van der Waals surface area (Å²) in [7, 11) is 0. The first kappa shape index (κ1) is 13.4. The van der Waals surface area contributed by atoms with E-state index in [4.69, 9.17) is 0 Å². The van der Waals surface area contributed by atoms with E-state index in [-0.39, 0.29) is 5.91 Å². The number of benzene rings is 1. The van der Waals surface area contributed by atoms with E-state index in [0.717, 1.165) is 6.42 Å². The number of hydrazone groups is 1. The van der Waals surface area contributed by atoms with Crippen molar-refractivity contribution >= 4 is 12.1 Å². The van der Waals surface area contributed by atoms with Gasteiger partial charge >= 0.3 is 0 Å². The molecule has 0 aliphatic rings. The lowest BCUT2D eigenvalue weighted by molar-refractivity contribution is 0.0955. The van der Waals surface area contributed by atoms with Gasteiger partial charge in [-0.25, -0.2) is 5.43 Å². The van der Waals surface area contributed by atoms with Crippen molar-refractivity contribution in [3.63, 3.8) is 0 Å². The summed E-state index contributed by atoms with van der Waals surface area (Å²) in [4.78, 5) is 11.7. The van der Waals surface area contributed by atoms with Gasteiger partial charge < -0.3 is 0 Å². The minimum Gasteiger partial charge on any atom is -0.267 e. The van der Waals surface area contributed by atoms with E-state index in [2.05, 4.69) is 31.3 Å². The lowest BCUT2D eigenvalue weighted by Crippen LogP contribution is -2.19. The van der Waals surface area contributed by atoms with Crippen LogP contribution in [-0.2, 0) is 0 Å². The average Bonchev–Trinajstić information content (AvgIpc) is 2.35. The molecule has 0 aliphatic carbocycles. The zero-order valence-corrected chi connectivity index (χ0v) is 10.7. The molecule has 1 aromatic rings. The fraction of sp³-hybridized carbons (Fsp3) is 0.429. The van der Waals surface area contributed by atoms with Crippen molar-refractivity contribution in [3.05, 3.63) is 35.9 Å². The minimum absolute atomic E-state index is 0.166. The number of amides is 1. The molecule has 0 fully saturated rings. The first-order chi connectivity index (χ1) is 8.15. The number of nitrogens with one attached hydrogen (secondary N) is 1. The summed E-state index contributed by atoms with van der Waals surface area (Å²) in [6.07, 6.45) is 2.86. The maximum Gasteiger partial charge on any atom is 0.271 e. The van der Waals surface area contributed by atoms with Crippen molar-refractivity contribution < 1.29 is 4.79 Å². The van der Waals surface area contributed by atoms with Crippen LogP contribution in [0.25, 0.3) is 0 Å². The maximum atomic E-state index is 11.7. The van der Waals surface area contributed by atoms with E-state index in [1.54, 1.807) is 12.1 Å². The highest BCUT2D eigenvalue weighted by Gasteiger charge is 2.08. The molecular weight excluding hydrogens is 212 g/mol. The highest BCUT2D eigenvalue weighted by atomic mass is 16.2. The van der Waals surface area contributed by atoms with Gasteiger partial charge in [-0.2, -0.15) is 5.10 Å². The molecule has 3 nitrogen and oxygen atoms in total. The van der Waals surface area contributed by atoms with E-state index in [1.807, 2.05) is 24.4 Å². The van der Waals surface area contributed by atoms with Crippen LogP contribution in [-0.4, -0.2) is 12.1 Å². The summed E-state index contributed by atoms with van der Waals surface area (Å²) in [5.74, 6) is 0.781. The van der Waals surface area contributed by atoms with Gasteiger partial charge in [0.1, 0.15) is 0 Å². The van der Waals surface area contributed by atoms with E-state index < -0.39 is 0 Å². The van der Waals surface area contributed by atoms with Crippen LogP contribution in [0.5, 0.6) is 0 Å². The molecule has 0 aliphatic heterocycles. The molecule has 0 saturated heterocycles. The number of nitrogens with zero attached hydrogens (tertiary/aromatic N) is 1. The Kier molecular flexibility index (Phi) is 5.40. The second-order valence-electron chi connectivity index (χ2n) is 4.40. The normalized spacial score (nSPS) is 12.9. The van der Waals surface area contributed by atoms with Gasteiger partial charge in [-0.1, -0.05) is 39.0 Å². The van der Waals surface area contributed by atoms with Crippen molar-refractivity contribution in [2.24, 2.45) is 16.9 Å². The topological polar surface area (TPSA) is 41.5 Å². The molecule has 1 rings (SSSR count). The standard InChI is InChI=1S/C14H20N2O/c1-4-12(11(2)3)10-15-16-14(17)13-8-6-5-7-9-13/h5-12H,4H2,1-3H3,(H,16,17)/b15-10+/t12-/m1/s1. The number of carbonyl (C=O) groups excluding carboxylic acids is 1. The second-order valence-corrected chi connectivity index (χ2v) is 4.40. The van der Waals surface area contributed by atoms with Crippen LogP contribution in [0, 0.1) is 11.8 Å². The summed E-state index contributed by atoms with van der Waals surface area (Å²) in [6.45, 7) is 6.42. The highest BCUT2D eigenvalue weighted by molar-refractivity contribution is 5.94. The summed E-state index contributed by atoms with van der Waals surface area (Å²) in [6, 6.07) is 9.09. The number of rotatable bonds is 5. The minimum atomic E-state index is -0.166. The van der Waals surface area contributed by atoms with Crippen LogP contribution in [0.15, 0.2) is 35.4 Å². The quantitative estimate of drug-likeness (QED) is 0.615. The van der Waals surface area contributed by atoms with Crippen LogP contribution in [0.1, 0.15) is 37.6 Å². The monoisotopic (exact) mass is 232 g/mol. The van der Waals surface area contributed by atoms with Crippen molar-refractivity contribution in [2.45, 2.75) is 27.2 Å². The SMILES string of the molecule is CC[C@H](/C=N/NC(=O)c1ccccc1)C(C)C. The molecule has 1 atom stereocenters. The van der Waals surface area contributed by atoms with E-state index in [9.17, 15) is 4.79 Å². The number of hydrogen-bond acceptors (Lipinski definition) is 2. The van der Waals surface area contributed by atoms with Gasteiger partial charge in [-0.05, 0) is 30.4 Å². The predicted molar refractivity (Wildman–Crippen MR) is 71.0 cm³/mol. The molecular formula is C14H20N2O. The first-order valence-corrected chi connectivity index (χ1v) is 6.03. The summed E-state index contributed by atoms with van der Waals surface area (Å²) in [5, 5.41) is 4.02. The lowest BCUT2D eigenvalue weighted by atomic mass is 9.95. The maximum absolute atomic E-state index is 11.7. The molecule has 0 radical (unpaired) electrons. The summed E-state index contributed by atoms with van der Waals surface area (Å²) >= 11 is 0. The highest BCUT2D eigenvalue weighted by Crippen LogP contribution is 2.11. The molecule has 0 heterocycles. The third kappa shape index (κ3) is 4.39. The fourth-order valence-electron chi connectivity index (χ4n) is 1.59. The smallest absolute Gasteiger partial charge is 0.267 e. The van der Waals surface area contributed by atoms with Crippen molar-refractivity contribution in [3.8, 4) is 0 Å². The molecule has 0 bridgehead atoms. The van der Waals surface area contributed by atoms with Crippen LogP contribution in [0.3, 0.4) is 0 Å². The van der Waals surface area contributed by atoms with Crippen LogP contribution >= 0.6 is 0 Å². The molecule has 3 heteroatoms. The van der Waals surface area contributed by atoms with Gasteiger partial charge in [0.15, 0.2) is 0 Å². The van der Waals surface area contributed by atoms with Crippen molar-refractivity contribution in [2.75, 3.05) is 0 Å². The van der Waals surface area contributed by atoms with E-state index >= 15 is 0 Å². The summed E-state index contributed by atoms with van der Waals surface area (Å²) < 4.78 is 0. The molecule has 0 spiro atoms. The third-order valence-electron chi connectivity index (χ3n) is 2.80. The van der Waals surface area contributed by atoms with Gasteiger partial charge in [0, 0.05) is 11.8 Å². The van der Waals surface area contributed by atoms with Crippen LogP contribution in [0.4, 0.5) is 0 Å². The van der Waals surface area contributed by atoms with Gasteiger partial charge in [0.25, 0.3) is 5.91 Å². The van der Waals surface area contributed by atoms with Crippen LogP contribution in [0.2, 0.25) is 0 Å². The lowest BCUT2D eigenvalue weighted by Gasteiger charge is -2.12. The Hall–Kier alpha value is -1.64. The van der Waals surface area contributed by atoms with E-state index in [1.165, 1.54) is 0 Å². The van der Waals surface area contributed by atoms with E-state index in [0.29, 0.717) is 17.4 Å². The molecule has 1 aromatic carbocycles. The van der Waals surface area contributed by atoms with Crippen molar-refractivity contribution in [1.29, 1.82) is 0 Å². The van der Waals surface area contributed by atoms with Gasteiger partial charge in [0.05, 0.1) is 0 Å². The summed E-state index contributed by atoms with van der Waals surface area (Å²) in [5.41, 5.74) is 3.18. The largest absolute Gasteiger partial charge is 0.271 e. The number of hydrogen-bond donors (Lipinski definition) is 1. The molecule has 17 heavy (non-hydrogen) atoms. The van der Waals surface area contributed by atoms with Gasteiger partial charge in [0.2, 0.25) is 0 Å². The zero-order valence-electron chi connectivity index (χ0n) is 10.7. The second kappa shape index (κ2) is 6.84. The molecule has 1 N–H and O–H groups in total. The Labute approximate surface area is 103 Å². The van der Waals surface area contributed by atoms with Crippen LogP contribution < -0.4 is 5.43 Å². The Morgan fingerprint density at radius 1 is 1.35 bits per heavy atom. The molecule has 0 saturated carbocycles. The predicted octanol–water partition coefficient (Wildman–Crippen LogP) is 3.08. The first-order valence-electron chi connectivity index (χ1n) is 6.03. The Morgan fingerprint density at radius 2 is 2.00 bits per heavy atom. The Bertz CT molecular complexity index is 371. The zero-order chi connectivity index (χ0) is 12.7. The number of carbonyl (C=O) groups is 1. The van der Waals surface area contributed by atoms with Gasteiger partial charge in [-0.3, -0.25) is 4.79 Å². The molecule has 92 valence electrons. The third-order valence-corrected chi connectivity index (χ3v) is 2.80. The van der Waals surface area contributed by atoms with Gasteiger partial charge in [-0.15, -0.1) is 0 Å². The average molecular weight is 232 g/mol. The molecule has 0 unspecified atom stereocenters. The molecule has 1 amide bonds. The fourth-order valence-corrected chi connectivity index (χ4v) is 1.59. The molecule has 0 aromatic heterocycles. The Balaban J connectivity index is 2.51.